The molecule has 2 heterocycles. The number of piperidine rings is 1. The molecule has 2 saturated heterocycles. The van der Waals surface area contributed by atoms with Crippen LogP contribution in [0.3, 0.4) is 0 Å². The number of amides is 2. The lowest BCUT2D eigenvalue weighted by Crippen LogP contribution is -2.51. The van der Waals surface area contributed by atoms with Crippen molar-refractivity contribution in [3.05, 3.63) is 12.2 Å². The lowest BCUT2D eigenvalue weighted by atomic mass is 9.77. The Morgan fingerprint density at radius 3 is 2.54 bits per heavy atom. The van der Waals surface area contributed by atoms with Gasteiger partial charge in [0.25, 0.3) is 0 Å². The van der Waals surface area contributed by atoms with Crippen LogP contribution in [0.4, 0.5) is 0 Å². The first-order valence-electron chi connectivity index (χ1n) is 10.4. The summed E-state index contributed by atoms with van der Waals surface area (Å²) in [5.41, 5.74) is -0.424. The van der Waals surface area contributed by atoms with Crippen molar-refractivity contribution in [1.29, 1.82) is 0 Å². The minimum Gasteiger partial charge on any atom is -0.362 e. The van der Waals surface area contributed by atoms with E-state index in [1.54, 1.807) is 0 Å². The Hall–Kier alpha value is -1.36. The third-order valence-electron chi connectivity index (χ3n) is 6.88. The van der Waals surface area contributed by atoms with Gasteiger partial charge in [0.1, 0.15) is 6.10 Å². The van der Waals surface area contributed by atoms with E-state index in [-0.39, 0.29) is 23.0 Å². The highest BCUT2D eigenvalue weighted by Crippen LogP contribution is 2.41. The summed E-state index contributed by atoms with van der Waals surface area (Å²) in [6.07, 6.45) is 12.8. The Morgan fingerprint density at radius 2 is 1.88 bits per heavy atom. The molecular weight excluding hydrogens is 328 g/mol. The minimum absolute atomic E-state index is 0.0637. The van der Waals surface area contributed by atoms with Crippen molar-refractivity contribution in [2.75, 3.05) is 19.6 Å². The third kappa shape index (κ3) is 3.68. The molecule has 2 aliphatic heterocycles. The van der Waals surface area contributed by atoms with E-state index in [0.29, 0.717) is 11.8 Å². The number of ether oxygens (including phenoxy) is 1. The summed E-state index contributed by atoms with van der Waals surface area (Å²) in [6, 6.07) is 0. The predicted octanol–water partition coefficient (Wildman–Crippen LogP) is 2.80. The monoisotopic (exact) mass is 360 g/mol. The van der Waals surface area contributed by atoms with Gasteiger partial charge in [0.2, 0.25) is 11.8 Å². The van der Waals surface area contributed by atoms with E-state index in [4.69, 9.17) is 4.74 Å². The van der Waals surface area contributed by atoms with Gasteiger partial charge in [-0.15, -0.1) is 0 Å². The van der Waals surface area contributed by atoms with Crippen LogP contribution >= 0.6 is 0 Å². The summed E-state index contributed by atoms with van der Waals surface area (Å²) in [7, 11) is 0. The second-order valence-electron chi connectivity index (χ2n) is 9.08. The van der Waals surface area contributed by atoms with Crippen molar-refractivity contribution in [2.24, 2.45) is 11.3 Å². The largest absolute Gasteiger partial charge is 0.362 e. The van der Waals surface area contributed by atoms with Crippen molar-refractivity contribution >= 4 is 11.8 Å². The van der Waals surface area contributed by atoms with Gasteiger partial charge >= 0.3 is 0 Å². The fourth-order valence-electron chi connectivity index (χ4n) is 4.71. The van der Waals surface area contributed by atoms with Gasteiger partial charge in [-0.3, -0.25) is 9.59 Å². The van der Waals surface area contributed by atoms with Crippen LogP contribution in [0.15, 0.2) is 12.2 Å². The number of carbonyl (C=O) groups is 2. The molecule has 2 aliphatic carbocycles. The SMILES string of the molecule is CC1(C(=O)N2CCC3(CCC(C(=O)NCC4CC4)O3)CC2)CC=CCC1. The highest BCUT2D eigenvalue weighted by Gasteiger charge is 2.47. The van der Waals surface area contributed by atoms with Gasteiger partial charge in [0.05, 0.1) is 11.0 Å². The molecule has 2 amide bonds. The molecule has 0 bridgehead atoms. The van der Waals surface area contributed by atoms with E-state index in [1.165, 1.54) is 12.8 Å². The second-order valence-corrected chi connectivity index (χ2v) is 9.08. The number of carbonyl (C=O) groups excluding carboxylic acids is 2. The number of nitrogens with zero attached hydrogens (tertiary/aromatic N) is 1. The molecule has 4 rings (SSSR count). The molecule has 26 heavy (non-hydrogen) atoms. The Bertz CT molecular complexity index is 590. The average Bonchev–Trinajstić information content (AvgIpc) is 3.40. The van der Waals surface area contributed by atoms with Crippen molar-refractivity contribution in [2.45, 2.75) is 76.4 Å². The third-order valence-corrected chi connectivity index (χ3v) is 6.88. The number of likely N-dealkylation sites (tertiary alicyclic amines) is 1. The lowest BCUT2D eigenvalue weighted by molar-refractivity contribution is -0.151. The second kappa shape index (κ2) is 6.99. The van der Waals surface area contributed by atoms with E-state index >= 15 is 0 Å². The van der Waals surface area contributed by atoms with Crippen molar-refractivity contribution in [1.82, 2.24) is 10.2 Å². The van der Waals surface area contributed by atoms with E-state index in [2.05, 4.69) is 24.4 Å². The fraction of sp³-hybridized carbons (Fsp3) is 0.810. The van der Waals surface area contributed by atoms with Crippen LogP contribution in [-0.2, 0) is 14.3 Å². The summed E-state index contributed by atoms with van der Waals surface area (Å²) >= 11 is 0. The Morgan fingerprint density at radius 1 is 1.12 bits per heavy atom. The average molecular weight is 360 g/mol. The zero-order valence-corrected chi connectivity index (χ0v) is 16.0. The van der Waals surface area contributed by atoms with Crippen LogP contribution in [0.25, 0.3) is 0 Å². The molecular formula is C21H32N2O3. The topological polar surface area (TPSA) is 58.6 Å². The fourth-order valence-corrected chi connectivity index (χ4v) is 4.71. The first-order valence-corrected chi connectivity index (χ1v) is 10.4. The molecule has 4 aliphatic rings. The van der Waals surface area contributed by atoms with E-state index in [1.807, 2.05) is 4.90 Å². The van der Waals surface area contributed by atoms with Crippen molar-refractivity contribution in [3.8, 4) is 0 Å². The predicted molar refractivity (Wildman–Crippen MR) is 99.5 cm³/mol. The molecule has 5 heteroatoms. The highest BCUT2D eigenvalue weighted by molar-refractivity contribution is 5.83. The number of hydrogen-bond donors (Lipinski definition) is 1. The van der Waals surface area contributed by atoms with Crippen LogP contribution < -0.4 is 5.32 Å². The molecule has 0 aromatic heterocycles. The first kappa shape index (κ1) is 18.0. The minimum atomic E-state index is -0.294. The molecule has 1 spiro atoms. The molecule has 1 saturated carbocycles. The molecule has 2 unspecified atom stereocenters. The van der Waals surface area contributed by atoms with Crippen LogP contribution in [0.2, 0.25) is 0 Å². The quantitative estimate of drug-likeness (QED) is 0.784. The molecule has 5 nitrogen and oxygen atoms in total. The summed E-state index contributed by atoms with van der Waals surface area (Å²) in [6.45, 7) is 4.43. The molecule has 2 atom stereocenters. The van der Waals surface area contributed by atoms with Crippen molar-refractivity contribution in [3.63, 3.8) is 0 Å². The van der Waals surface area contributed by atoms with Crippen molar-refractivity contribution < 1.29 is 14.3 Å². The maximum Gasteiger partial charge on any atom is 0.249 e. The van der Waals surface area contributed by atoms with Crippen LogP contribution in [-0.4, -0.2) is 48.1 Å². The summed E-state index contributed by atoms with van der Waals surface area (Å²) in [4.78, 5) is 27.3. The molecule has 0 radical (unpaired) electrons. The Labute approximate surface area is 156 Å². The Balaban J connectivity index is 1.28. The number of rotatable bonds is 4. The van der Waals surface area contributed by atoms with E-state index in [9.17, 15) is 9.59 Å². The van der Waals surface area contributed by atoms with Gasteiger partial charge in [-0.2, -0.15) is 0 Å². The lowest BCUT2D eigenvalue weighted by Gasteiger charge is -2.42. The molecule has 0 aromatic carbocycles. The number of hydrogen-bond acceptors (Lipinski definition) is 3. The van der Waals surface area contributed by atoms with Crippen LogP contribution in [0, 0.1) is 11.3 Å². The zero-order chi connectivity index (χ0) is 18.2. The Kier molecular flexibility index (Phi) is 4.84. The van der Waals surface area contributed by atoms with Gasteiger partial charge in [0, 0.05) is 19.6 Å². The molecule has 3 fully saturated rings. The summed E-state index contributed by atoms with van der Waals surface area (Å²) in [5.74, 6) is 1.06. The summed E-state index contributed by atoms with van der Waals surface area (Å²) in [5, 5.41) is 3.05. The first-order chi connectivity index (χ1) is 12.5. The van der Waals surface area contributed by atoms with Crippen LogP contribution in [0.5, 0.6) is 0 Å². The van der Waals surface area contributed by atoms with Gasteiger partial charge in [-0.1, -0.05) is 19.1 Å². The maximum atomic E-state index is 13.0. The van der Waals surface area contributed by atoms with Gasteiger partial charge in [-0.05, 0) is 63.7 Å². The smallest absolute Gasteiger partial charge is 0.249 e. The van der Waals surface area contributed by atoms with Gasteiger partial charge in [-0.25, -0.2) is 0 Å². The normalized spacial score (nSPS) is 33.4. The van der Waals surface area contributed by atoms with Gasteiger partial charge in [0.15, 0.2) is 0 Å². The number of allylic oxidation sites excluding steroid dienone is 2. The standard InChI is InChI=1S/C21H32N2O3/c1-20(8-3-2-4-9-20)19(25)23-13-11-21(12-14-23)10-7-17(26-21)18(24)22-15-16-5-6-16/h2-3,16-17H,4-15H2,1H3,(H,22,24). The van der Waals surface area contributed by atoms with E-state index < -0.39 is 0 Å². The zero-order valence-electron chi connectivity index (χ0n) is 16.0. The molecule has 0 aromatic rings. The molecule has 1 N–H and O–H groups in total. The summed E-state index contributed by atoms with van der Waals surface area (Å²) < 4.78 is 6.24. The number of nitrogens with one attached hydrogen (secondary N) is 1. The highest BCUT2D eigenvalue weighted by atomic mass is 16.5. The molecule has 144 valence electrons. The van der Waals surface area contributed by atoms with Crippen LogP contribution in [0.1, 0.15) is 64.7 Å². The van der Waals surface area contributed by atoms with Gasteiger partial charge < -0.3 is 15.0 Å². The van der Waals surface area contributed by atoms with E-state index in [0.717, 1.165) is 64.6 Å². The maximum absolute atomic E-state index is 13.0.